The van der Waals surface area contributed by atoms with Gasteiger partial charge in [0.05, 0.1) is 21.0 Å². The number of aliphatic carboxylic acids is 1. The first-order chi connectivity index (χ1) is 22.3. The maximum atomic E-state index is 13.7. The summed E-state index contributed by atoms with van der Waals surface area (Å²) < 4.78 is 46.4. The Morgan fingerprint density at radius 3 is 2.60 bits per heavy atom. The molecule has 11 nitrogen and oxygen atoms in total. The number of benzene rings is 2. The molecule has 0 saturated carbocycles. The van der Waals surface area contributed by atoms with Gasteiger partial charge in [0.25, 0.3) is 0 Å². The third-order valence-corrected chi connectivity index (χ3v) is 16.5. The highest BCUT2D eigenvalue weighted by molar-refractivity contribution is 8.21. The molecule has 5 rings (SSSR count). The lowest BCUT2D eigenvalue weighted by Gasteiger charge is -2.28. The predicted molar refractivity (Wildman–Crippen MR) is 191 cm³/mol. The van der Waals surface area contributed by atoms with Crippen molar-refractivity contribution in [2.75, 3.05) is 35.7 Å². The minimum Gasteiger partial charge on any atom is -0.480 e. The van der Waals surface area contributed by atoms with Crippen LogP contribution in [0.25, 0.3) is 0 Å². The first-order valence-corrected chi connectivity index (χ1v) is 22.2. The molecular weight excluding hydrogens is 723 g/mol. The Hall–Kier alpha value is -1.42. The number of likely N-dealkylation sites (tertiary alicyclic amines) is 1. The molecule has 2 fully saturated rings. The number of fused-ring (bicyclic) bond motifs is 1. The number of amides is 1. The summed E-state index contributed by atoms with van der Waals surface area (Å²) >= 11 is 11.2. The first kappa shape index (κ1) is 36.9. The number of sulfonamides is 1. The lowest BCUT2D eigenvalue weighted by Crippen LogP contribution is -2.42. The van der Waals surface area contributed by atoms with Crippen molar-refractivity contribution in [2.24, 2.45) is 0 Å². The van der Waals surface area contributed by atoms with Gasteiger partial charge in [-0.1, -0.05) is 61.7 Å². The van der Waals surface area contributed by atoms with E-state index in [9.17, 15) is 32.6 Å². The molecule has 3 aliphatic rings. The van der Waals surface area contributed by atoms with Crippen LogP contribution < -0.4 is 14.8 Å². The number of carboxylic acids is 1. The minimum absolute atomic E-state index is 0.0419. The van der Waals surface area contributed by atoms with Crippen LogP contribution in [0, 0.1) is 0 Å². The fraction of sp³-hybridized carbons (Fsp3) is 0.533. The van der Waals surface area contributed by atoms with Crippen molar-refractivity contribution in [3.8, 4) is 0 Å². The van der Waals surface area contributed by atoms with Gasteiger partial charge in [0.15, 0.2) is 0 Å². The highest BCUT2D eigenvalue weighted by Gasteiger charge is 2.51. The summed E-state index contributed by atoms with van der Waals surface area (Å²) in [4.78, 5) is 37.8. The summed E-state index contributed by atoms with van der Waals surface area (Å²) in [5, 5.41) is 13.2. The zero-order valence-corrected chi connectivity index (χ0v) is 30.8. The van der Waals surface area contributed by atoms with E-state index < -0.39 is 47.5 Å². The van der Waals surface area contributed by atoms with E-state index in [2.05, 4.69) is 21.7 Å². The van der Waals surface area contributed by atoms with Gasteiger partial charge in [-0.3, -0.25) is 9.36 Å². The monoisotopic (exact) mass is 762 g/mol. The van der Waals surface area contributed by atoms with E-state index in [1.807, 2.05) is 6.07 Å². The number of nitrogens with zero attached hydrogens (tertiary/aromatic N) is 1. The molecule has 0 aromatic heterocycles. The number of carboxylic acid groups (broad SMARTS) is 1. The molecule has 3 aliphatic heterocycles. The average Bonchev–Trinajstić information content (AvgIpc) is 3.66. The highest BCUT2D eigenvalue weighted by atomic mass is 35.5. The van der Waals surface area contributed by atoms with Crippen LogP contribution in [0.5, 0.6) is 0 Å². The van der Waals surface area contributed by atoms with Crippen LogP contribution in [0.15, 0.2) is 52.3 Å². The van der Waals surface area contributed by atoms with Crippen LogP contribution in [0.3, 0.4) is 0 Å². The topological polar surface area (TPSA) is 165 Å². The van der Waals surface area contributed by atoms with Crippen molar-refractivity contribution in [1.29, 1.82) is 0 Å². The SMILES string of the molecule is CCCCC1NSc2cc(S(=O)(=O)NC(CCCP(=O)(O)CC(=O)N3CC4(C[C@H]3C(=O)O)SCCS4)c3ccccc3)c(Cl)cc2N1. The Bertz CT molecular complexity index is 1610. The Balaban J connectivity index is 1.25. The molecule has 258 valence electrons. The zero-order chi connectivity index (χ0) is 33.8. The van der Waals surface area contributed by atoms with Crippen LogP contribution in [0.4, 0.5) is 5.69 Å². The van der Waals surface area contributed by atoms with Crippen molar-refractivity contribution >= 4 is 82.0 Å². The van der Waals surface area contributed by atoms with Crippen molar-refractivity contribution in [3.05, 3.63) is 53.1 Å². The van der Waals surface area contributed by atoms with E-state index >= 15 is 0 Å². The van der Waals surface area contributed by atoms with Gasteiger partial charge in [0.2, 0.25) is 23.3 Å². The van der Waals surface area contributed by atoms with E-state index in [1.165, 1.54) is 22.9 Å². The zero-order valence-electron chi connectivity index (χ0n) is 25.9. The third-order valence-electron chi connectivity index (χ3n) is 8.40. The molecule has 47 heavy (non-hydrogen) atoms. The Kier molecular flexibility index (Phi) is 12.3. The predicted octanol–water partition coefficient (Wildman–Crippen LogP) is 5.81. The van der Waals surface area contributed by atoms with Gasteiger partial charge >= 0.3 is 5.97 Å². The van der Waals surface area contributed by atoms with Crippen molar-refractivity contribution < 1.29 is 32.6 Å². The van der Waals surface area contributed by atoms with Crippen molar-refractivity contribution in [3.63, 3.8) is 0 Å². The molecule has 0 bridgehead atoms. The molecule has 0 radical (unpaired) electrons. The van der Waals surface area contributed by atoms with Gasteiger partial charge in [0.1, 0.15) is 17.1 Å². The normalized spacial score (nSPS) is 22.4. The number of thioether (sulfide) groups is 2. The summed E-state index contributed by atoms with van der Waals surface area (Å²) in [6.07, 6.45) is 2.79. The second kappa shape index (κ2) is 15.6. The molecule has 1 amide bonds. The Morgan fingerprint density at radius 1 is 1.19 bits per heavy atom. The average molecular weight is 763 g/mol. The first-order valence-electron chi connectivity index (χ1n) is 15.5. The number of hydrogen-bond donors (Lipinski definition) is 5. The van der Waals surface area contributed by atoms with Gasteiger partial charge in [-0.15, -0.1) is 23.5 Å². The summed E-state index contributed by atoms with van der Waals surface area (Å²) in [5.74, 6) is -0.0187. The highest BCUT2D eigenvalue weighted by Crippen LogP contribution is 2.52. The number of hydrogen-bond acceptors (Lipinski definition) is 10. The van der Waals surface area contributed by atoms with Crippen LogP contribution in [-0.2, 0) is 24.2 Å². The second-order valence-electron chi connectivity index (χ2n) is 12.0. The summed E-state index contributed by atoms with van der Waals surface area (Å²) in [6, 6.07) is 10.3. The van der Waals surface area contributed by atoms with Gasteiger partial charge < -0.3 is 20.2 Å². The smallest absolute Gasteiger partial charge is 0.326 e. The fourth-order valence-corrected chi connectivity index (χ4v) is 13.4. The van der Waals surface area contributed by atoms with Crippen LogP contribution in [0.2, 0.25) is 5.02 Å². The molecular formula is C30H40ClN4O7PS4. The number of halogens is 1. The van der Waals surface area contributed by atoms with E-state index in [1.54, 1.807) is 53.9 Å². The Labute approximate surface area is 293 Å². The number of rotatable bonds is 14. The van der Waals surface area contributed by atoms with Crippen molar-refractivity contribution in [2.45, 2.75) is 77.6 Å². The van der Waals surface area contributed by atoms with Gasteiger partial charge in [-0.25, -0.2) is 22.7 Å². The van der Waals surface area contributed by atoms with Crippen LogP contribution in [0.1, 0.15) is 57.1 Å². The van der Waals surface area contributed by atoms with E-state index in [0.29, 0.717) is 16.9 Å². The number of anilines is 1. The second-order valence-corrected chi connectivity index (χ2v) is 20.6. The fourth-order valence-electron chi connectivity index (χ4n) is 6.01. The summed E-state index contributed by atoms with van der Waals surface area (Å²) in [6.45, 7) is 2.35. The lowest BCUT2D eigenvalue weighted by molar-refractivity contribution is -0.147. The van der Waals surface area contributed by atoms with Crippen LogP contribution in [-0.4, -0.2) is 81.9 Å². The van der Waals surface area contributed by atoms with E-state index in [-0.39, 0.29) is 45.7 Å². The maximum absolute atomic E-state index is 13.7. The lowest BCUT2D eigenvalue weighted by atomic mass is 10.0. The third kappa shape index (κ3) is 9.23. The van der Waals surface area contributed by atoms with Gasteiger partial charge in [-0.05, 0) is 48.9 Å². The number of nitrogens with one attached hydrogen (secondary N) is 3. The summed E-state index contributed by atoms with van der Waals surface area (Å²) in [5.41, 5.74) is 1.43. The molecule has 5 N–H and O–H groups in total. The van der Waals surface area contributed by atoms with Crippen LogP contribution >= 0.6 is 54.4 Å². The molecule has 17 heteroatoms. The Morgan fingerprint density at radius 2 is 1.91 bits per heavy atom. The van der Waals surface area contributed by atoms with Gasteiger partial charge in [0, 0.05) is 41.6 Å². The largest absolute Gasteiger partial charge is 0.480 e. The number of carbonyl (C=O) groups excluding carboxylic acids is 1. The molecule has 4 atom stereocenters. The summed E-state index contributed by atoms with van der Waals surface area (Å²) in [7, 11) is -8.13. The molecule has 2 aromatic carbocycles. The molecule has 3 heterocycles. The number of unbranched alkanes of at least 4 members (excludes halogenated alkanes) is 1. The number of carbonyl (C=O) groups is 2. The van der Waals surface area contributed by atoms with Crippen molar-refractivity contribution in [1.82, 2.24) is 14.3 Å². The maximum Gasteiger partial charge on any atom is 0.326 e. The van der Waals surface area contributed by atoms with Gasteiger partial charge in [-0.2, -0.15) is 0 Å². The molecule has 1 spiro atoms. The molecule has 3 unspecified atom stereocenters. The van der Waals surface area contributed by atoms with E-state index in [0.717, 1.165) is 36.5 Å². The molecule has 2 saturated heterocycles. The quantitative estimate of drug-likeness (QED) is 0.116. The minimum atomic E-state index is -4.12. The molecule has 0 aliphatic carbocycles. The van der Waals surface area contributed by atoms with E-state index in [4.69, 9.17) is 11.6 Å². The molecule has 2 aromatic rings. The standard InChI is InChI=1S/C30H40ClN4O7PS4/c1-2-3-11-27-32-23-15-21(31)26(16-25(23)46-33-27)47(41,42)34-22(20-8-5-4-6-9-20)10-7-12-43(39,40)18-28(36)35-19-30(44-13-14-45-30)17-24(35)29(37)38/h4-6,8-9,15-16,22,24,27,32-34H,2-3,7,10-14,17-19H2,1H3,(H,37,38)(H,39,40)/t22?,24-,27?/m0/s1.